The number of ether oxygens (including phenoxy) is 2. The predicted octanol–water partition coefficient (Wildman–Crippen LogP) is 3.66. The molecule has 0 spiro atoms. The van der Waals surface area contributed by atoms with Crippen LogP contribution in [0.3, 0.4) is 0 Å². The number of hydrogen-bond donors (Lipinski definition) is 0. The Labute approximate surface area is 160 Å². The average molecular weight is 417 g/mol. The molecule has 27 heavy (non-hydrogen) atoms. The monoisotopic (exact) mass is 417 g/mol. The lowest BCUT2D eigenvalue weighted by molar-refractivity contribution is -0.147. The second kappa shape index (κ2) is 7.39. The van der Waals surface area contributed by atoms with E-state index in [4.69, 9.17) is 9.47 Å². The molecule has 3 aromatic rings. The molecular weight excluding hydrogens is 403 g/mol. The lowest BCUT2D eigenvalue weighted by Gasteiger charge is -2.16. The van der Waals surface area contributed by atoms with Gasteiger partial charge in [0.2, 0.25) is 5.82 Å². The summed E-state index contributed by atoms with van der Waals surface area (Å²) in [5.74, 6) is -0.483. The first-order valence-corrected chi connectivity index (χ1v) is 9.56. The summed E-state index contributed by atoms with van der Waals surface area (Å²) < 4.78 is 52.0. The minimum absolute atomic E-state index is 0.0328. The molecule has 0 aliphatic rings. The van der Waals surface area contributed by atoms with Gasteiger partial charge in [0.05, 0.1) is 20.8 Å². The molecule has 144 valence electrons. The molecule has 0 saturated carbocycles. The molecule has 1 aromatic carbocycles. The standard InChI is InChI=1S/C16H14F3N3O3S2/c1-24-9-5-4-8(10(6-9)25-2)7-22-13(23)11-12(27-15(20-11)26-3)21-14(22)16(17,18)19/h4-6H,7H2,1-3H3. The quantitative estimate of drug-likeness (QED) is 0.591. The van der Waals surface area contributed by atoms with E-state index in [0.29, 0.717) is 26.0 Å². The van der Waals surface area contributed by atoms with E-state index >= 15 is 0 Å². The van der Waals surface area contributed by atoms with Crippen molar-refractivity contribution in [3.63, 3.8) is 0 Å². The van der Waals surface area contributed by atoms with Crippen LogP contribution in [0.1, 0.15) is 11.4 Å². The van der Waals surface area contributed by atoms with Gasteiger partial charge in [0.25, 0.3) is 5.56 Å². The van der Waals surface area contributed by atoms with Gasteiger partial charge in [-0.15, -0.1) is 0 Å². The highest BCUT2D eigenvalue weighted by Crippen LogP contribution is 2.32. The number of thiazole rings is 1. The van der Waals surface area contributed by atoms with Crippen molar-refractivity contribution in [2.24, 2.45) is 0 Å². The molecule has 0 radical (unpaired) electrons. The maximum Gasteiger partial charge on any atom is 0.449 e. The van der Waals surface area contributed by atoms with Crippen molar-refractivity contribution < 1.29 is 22.6 Å². The normalized spacial score (nSPS) is 11.8. The first-order chi connectivity index (χ1) is 12.8. The smallest absolute Gasteiger partial charge is 0.449 e. The van der Waals surface area contributed by atoms with Gasteiger partial charge in [-0.2, -0.15) is 13.2 Å². The average Bonchev–Trinajstić information content (AvgIpc) is 3.07. The molecule has 0 aliphatic heterocycles. The Morgan fingerprint density at radius 3 is 2.56 bits per heavy atom. The Hall–Kier alpha value is -2.27. The summed E-state index contributed by atoms with van der Waals surface area (Å²) in [6.45, 7) is -0.365. The van der Waals surface area contributed by atoms with Crippen molar-refractivity contribution in [2.45, 2.75) is 17.1 Å². The number of alkyl halides is 3. The predicted molar refractivity (Wildman–Crippen MR) is 97.1 cm³/mol. The van der Waals surface area contributed by atoms with Gasteiger partial charge in [-0.3, -0.25) is 9.36 Å². The molecule has 0 atom stereocenters. The highest BCUT2D eigenvalue weighted by atomic mass is 32.2. The zero-order valence-electron chi connectivity index (χ0n) is 14.5. The molecule has 0 bridgehead atoms. The number of fused-ring (bicyclic) bond motifs is 1. The molecule has 3 rings (SSSR count). The summed E-state index contributed by atoms with van der Waals surface area (Å²) in [4.78, 5) is 20.5. The largest absolute Gasteiger partial charge is 0.497 e. The van der Waals surface area contributed by atoms with Gasteiger partial charge >= 0.3 is 6.18 Å². The van der Waals surface area contributed by atoms with Crippen molar-refractivity contribution in [1.29, 1.82) is 0 Å². The molecule has 0 saturated heterocycles. The number of halogens is 3. The van der Waals surface area contributed by atoms with Crippen LogP contribution in [0.25, 0.3) is 10.3 Å². The van der Waals surface area contributed by atoms with Crippen LogP contribution in [0.2, 0.25) is 0 Å². The number of aromatic nitrogens is 3. The van der Waals surface area contributed by atoms with Crippen molar-refractivity contribution in [2.75, 3.05) is 20.5 Å². The molecule has 0 aliphatic carbocycles. The van der Waals surface area contributed by atoms with Gasteiger partial charge in [0.15, 0.2) is 14.7 Å². The Balaban J connectivity index is 2.21. The van der Waals surface area contributed by atoms with Crippen molar-refractivity contribution >= 4 is 33.4 Å². The summed E-state index contributed by atoms with van der Waals surface area (Å²) in [5.41, 5.74) is -0.543. The fourth-order valence-corrected chi connectivity index (χ4v) is 3.91. The van der Waals surface area contributed by atoms with Crippen LogP contribution in [0.5, 0.6) is 11.5 Å². The van der Waals surface area contributed by atoms with Crippen molar-refractivity contribution in [1.82, 2.24) is 14.5 Å². The molecular formula is C16H14F3N3O3S2. The number of methoxy groups -OCH3 is 2. The number of thioether (sulfide) groups is 1. The SMILES string of the molecule is COc1ccc(Cn2c(C(F)(F)F)nc3sc(SC)nc3c2=O)c(OC)c1. The Morgan fingerprint density at radius 2 is 1.96 bits per heavy atom. The third kappa shape index (κ3) is 3.74. The molecule has 11 heteroatoms. The lowest BCUT2D eigenvalue weighted by Crippen LogP contribution is -2.30. The Kier molecular flexibility index (Phi) is 5.33. The molecule has 0 unspecified atom stereocenters. The summed E-state index contributed by atoms with van der Waals surface area (Å²) in [5, 5.41) is 0. The molecule has 0 N–H and O–H groups in total. The van der Waals surface area contributed by atoms with E-state index < -0.39 is 17.6 Å². The van der Waals surface area contributed by atoms with Crippen molar-refractivity contribution in [3.8, 4) is 11.5 Å². The molecule has 2 aromatic heterocycles. The van der Waals surface area contributed by atoms with Crippen LogP contribution >= 0.6 is 23.1 Å². The second-order valence-electron chi connectivity index (χ2n) is 5.34. The van der Waals surface area contributed by atoms with E-state index in [2.05, 4.69) is 9.97 Å². The summed E-state index contributed by atoms with van der Waals surface area (Å²) in [7, 11) is 2.85. The fraction of sp³-hybridized carbons (Fsp3) is 0.312. The first-order valence-electron chi connectivity index (χ1n) is 7.52. The summed E-state index contributed by atoms with van der Waals surface area (Å²) >= 11 is 2.20. The maximum absolute atomic E-state index is 13.6. The topological polar surface area (TPSA) is 66.2 Å². The minimum Gasteiger partial charge on any atom is -0.497 e. The van der Waals surface area contributed by atoms with E-state index in [-0.39, 0.29) is 16.9 Å². The minimum atomic E-state index is -4.80. The van der Waals surface area contributed by atoms with Crippen LogP contribution < -0.4 is 15.0 Å². The lowest BCUT2D eigenvalue weighted by atomic mass is 10.2. The molecule has 2 heterocycles. The van der Waals surface area contributed by atoms with E-state index in [1.165, 1.54) is 32.0 Å². The van der Waals surface area contributed by atoms with Crippen LogP contribution in [-0.4, -0.2) is 35.0 Å². The molecule has 0 fully saturated rings. The Morgan fingerprint density at radius 1 is 1.22 bits per heavy atom. The fourth-order valence-electron chi connectivity index (χ4n) is 2.49. The van der Waals surface area contributed by atoms with Gasteiger partial charge in [0.1, 0.15) is 11.5 Å². The Bertz CT molecular complexity index is 1050. The third-order valence-electron chi connectivity index (χ3n) is 3.75. The first kappa shape index (κ1) is 19.5. The van der Waals surface area contributed by atoms with E-state index in [1.807, 2.05) is 0 Å². The highest BCUT2D eigenvalue weighted by Gasteiger charge is 2.38. The number of hydrogen-bond acceptors (Lipinski definition) is 7. The maximum atomic E-state index is 13.6. The third-order valence-corrected chi connectivity index (χ3v) is 5.69. The van der Waals surface area contributed by atoms with Crippen LogP contribution in [0, 0.1) is 0 Å². The van der Waals surface area contributed by atoms with Crippen LogP contribution in [-0.2, 0) is 12.7 Å². The number of benzene rings is 1. The van der Waals surface area contributed by atoms with Crippen molar-refractivity contribution in [3.05, 3.63) is 39.9 Å². The summed E-state index contributed by atoms with van der Waals surface area (Å²) in [6, 6.07) is 4.66. The van der Waals surface area contributed by atoms with Gasteiger partial charge < -0.3 is 9.47 Å². The number of rotatable bonds is 5. The van der Waals surface area contributed by atoms with E-state index in [0.717, 1.165) is 11.3 Å². The van der Waals surface area contributed by atoms with Gasteiger partial charge in [0, 0.05) is 11.6 Å². The van der Waals surface area contributed by atoms with Crippen LogP contribution in [0.15, 0.2) is 27.3 Å². The van der Waals surface area contributed by atoms with Gasteiger partial charge in [-0.1, -0.05) is 23.1 Å². The highest BCUT2D eigenvalue weighted by molar-refractivity contribution is 8.00. The van der Waals surface area contributed by atoms with Gasteiger partial charge in [-0.05, 0) is 18.4 Å². The zero-order chi connectivity index (χ0) is 19.8. The van der Waals surface area contributed by atoms with E-state index in [9.17, 15) is 18.0 Å². The second-order valence-corrected chi connectivity index (χ2v) is 7.37. The number of nitrogens with zero attached hydrogens (tertiary/aromatic N) is 3. The summed E-state index contributed by atoms with van der Waals surface area (Å²) in [6.07, 6.45) is -3.07. The molecule has 6 nitrogen and oxygen atoms in total. The van der Waals surface area contributed by atoms with Crippen LogP contribution in [0.4, 0.5) is 13.2 Å². The molecule has 0 amide bonds. The van der Waals surface area contributed by atoms with Gasteiger partial charge in [-0.25, -0.2) is 9.97 Å². The van der Waals surface area contributed by atoms with E-state index in [1.54, 1.807) is 18.4 Å². The zero-order valence-corrected chi connectivity index (χ0v) is 16.1.